The lowest BCUT2D eigenvalue weighted by molar-refractivity contribution is -0.133. The topological polar surface area (TPSA) is 49.6 Å². The van der Waals surface area contributed by atoms with Crippen molar-refractivity contribution in [1.29, 1.82) is 0 Å². The molecule has 2 aromatic rings. The molecule has 0 aromatic heterocycles. The summed E-state index contributed by atoms with van der Waals surface area (Å²) in [7, 11) is 0. The minimum Gasteiger partial charge on any atom is -0.340 e. The highest BCUT2D eigenvalue weighted by atomic mass is 35.5. The summed E-state index contributed by atoms with van der Waals surface area (Å²) in [6, 6.07) is 17.8. The van der Waals surface area contributed by atoms with Crippen LogP contribution in [0, 0.1) is 0 Å². The van der Waals surface area contributed by atoms with Gasteiger partial charge in [-0.2, -0.15) is 0 Å². The summed E-state index contributed by atoms with van der Waals surface area (Å²) in [6.07, 6.45) is 0.351. The lowest BCUT2D eigenvalue weighted by atomic mass is 10.0. The summed E-state index contributed by atoms with van der Waals surface area (Å²) in [4.78, 5) is 16.9. The number of hydrogen-bond acceptors (Lipinski definition) is 3. The molecular weight excluding hydrogens is 417 g/mol. The summed E-state index contributed by atoms with van der Waals surface area (Å²) in [5.41, 5.74) is 8.34. The van der Waals surface area contributed by atoms with Crippen LogP contribution in [0.15, 0.2) is 54.6 Å². The highest BCUT2D eigenvalue weighted by Crippen LogP contribution is 2.28. The first-order chi connectivity index (χ1) is 12.6. The number of hydrogen-bond donors (Lipinski definition) is 1. The molecule has 0 aliphatic carbocycles. The van der Waals surface area contributed by atoms with Crippen LogP contribution in [-0.4, -0.2) is 41.9 Å². The van der Waals surface area contributed by atoms with Crippen LogP contribution in [0.3, 0.4) is 0 Å². The Labute approximate surface area is 184 Å². The molecule has 7 heteroatoms. The molecule has 3 rings (SSSR count). The number of rotatable bonds is 5. The van der Waals surface area contributed by atoms with Crippen molar-refractivity contribution in [3.05, 3.63) is 70.7 Å². The van der Waals surface area contributed by atoms with Gasteiger partial charge in [-0.1, -0.05) is 60.1 Å². The summed E-state index contributed by atoms with van der Waals surface area (Å²) in [5.74, 6) is 0.131. The molecule has 2 unspecified atom stereocenters. The summed E-state index contributed by atoms with van der Waals surface area (Å²) >= 11 is 6.33. The van der Waals surface area contributed by atoms with E-state index in [0.717, 1.165) is 42.3 Å². The zero-order valence-corrected chi connectivity index (χ0v) is 18.3. The Balaban J connectivity index is 0.00000196. The summed E-state index contributed by atoms with van der Waals surface area (Å²) in [5, 5.41) is 0.798. The van der Waals surface area contributed by atoms with Gasteiger partial charge in [0.05, 0.1) is 0 Å². The first-order valence-electron chi connectivity index (χ1n) is 9.13. The number of halogens is 3. The fourth-order valence-electron chi connectivity index (χ4n) is 3.50. The Morgan fingerprint density at radius 3 is 2.18 bits per heavy atom. The second-order valence-electron chi connectivity index (χ2n) is 6.84. The Morgan fingerprint density at radius 1 is 1.00 bits per heavy atom. The van der Waals surface area contributed by atoms with Gasteiger partial charge in [-0.3, -0.25) is 9.69 Å². The van der Waals surface area contributed by atoms with Gasteiger partial charge in [0.15, 0.2) is 0 Å². The summed E-state index contributed by atoms with van der Waals surface area (Å²) in [6.45, 7) is 5.33. The number of carbonyl (C=O) groups is 1. The highest BCUT2D eigenvalue weighted by molar-refractivity contribution is 6.31. The Morgan fingerprint density at radius 2 is 1.57 bits per heavy atom. The average molecular weight is 445 g/mol. The number of benzene rings is 2. The quantitative estimate of drug-likeness (QED) is 0.740. The maximum Gasteiger partial charge on any atom is 0.224 e. The van der Waals surface area contributed by atoms with Crippen LogP contribution in [0.5, 0.6) is 0 Å². The van der Waals surface area contributed by atoms with Crippen molar-refractivity contribution in [2.75, 3.05) is 26.2 Å². The lowest BCUT2D eigenvalue weighted by Gasteiger charge is -2.38. The number of piperazine rings is 1. The number of amides is 1. The van der Waals surface area contributed by atoms with Gasteiger partial charge < -0.3 is 10.6 Å². The Kier molecular flexibility index (Phi) is 10.3. The fourth-order valence-corrected chi connectivity index (χ4v) is 3.80. The third-order valence-electron chi connectivity index (χ3n) is 5.19. The minimum absolute atomic E-state index is 0. The van der Waals surface area contributed by atoms with Gasteiger partial charge in [-0.15, -0.1) is 24.8 Å². The number of nitrogens with two attached hydrogens (primary N) is 1. The molecule has 0 saturated carbocycles. The molecule has 2 aromatic carbocycles. The minimum atomic E-state index is -0.247. The predicted octanol–water partition coefficient (Wildman–Crippen LogP) is 4.48. The van der Waals surface area contributed by atoms with Crippen molar-refractivity contribution >= 4 is 42.3 Å². The van der Waals surface area contributed by atoms with Crippen molar-refractivity contribution in [3.63, 3.8) is 0 Å². The lowest BCUT2D eigenvalue weighted by Crippen LogP contribution is -2.49. The van der Waals surface area contributed by atoms with Gasteiger partial charge in [-0.05, 0) is 24.1 Å². The molecule has 0 bridgehead atoms. The van der Waals surface area contributed by atoms with E-state index >= 15 is 0 Å². The van der Waals surface area contributed by atoms with Gasteiger partial charge in [-0.25, -0.2) is 0 Å². The van der Waals surface area contributed by atoms with Crippen LogP contribution in [0.25, 0.3) is 0 Å². The standard InChI is InChI=1S/C21H26ClN3O.2ClH/c1-16(18-9-5-6-10-19(18)22)24-11-13-25(14-12-24)21(26)15-20(23)17-7-3-2-4-8-17;;/h2-10,16,20H,11-15,23H2,1H3;2*1H. The van der Waals surface area contributed by atoms with Gasteiger partial charge >= 0.3 is 0 Å². The summed E-state index contributed by atoms with van der Waals surface area (Å²) < 4.78 is 0. The van der Waals surface area contributed by atoms with Crippen LogP contribution >= 0.6 is 36.4 Å². The van der Waals surface area contributed by atoms with Gasteiger partial charge in [0.1, 0.15) is 0 Å². The van der Waals surface area contributed by atoms with Gasteiger partial charge in [0.25, 0.3) is 0 Å². The third kappa shape index (κ3) is 6.10. The van der Waals surface area contributed by atoms with E-state index in [9.17, 15) is 4.79 Å². The van der Waals surface area contributed by atoms with E-state index in [-0.39, 0.29) is 42.8 Å². The van der Waals surface area contributed by atoms with Crippen molar-refractivity contribution in [3.8, 4) is 0 Å². The van der Waals surface area contributed by atoms with E-state index in [1.807, 2.05) is 53.4 Å². The second-order valence-corrected chi connectivity index (χ2v) is 7.24. The predicted molar refractivity (Wildman–Crippen MR) is 121 cm³/mol. The largest absolute Gasteiger partial charge is 0.340 e. The monoisotopic (exact) mass is 443 g/mol. The van der Waals surface area contributed by atoms with Crippen LogP contribution in [0.4, 0.5) is 0 Å². The molecule has 2 atom stereocenters. The number of nitrogens with zero attached hydrogens (tertiary/aromatic N) is 2. The molecule has 154 valence electrons. The molecule has 1 fully saturated rings. The van der Waals surface area contributed by atoms with E-state index < -0.39 is 0 Å². The van der Waals surface area contributed by atoms with Crippen molar-refractivity contribution in [2.45, 2.75) is 25.4 Å². The smallest absolute Gasteiger partial charge is 0.224 e. The molecule has 1 aliphatic heterocycles. The third-order valence-corrected chi connectivity index (χ3v) is 5.54. The molecule has 1 aliphatic rings. The second kappa shape index (κ2) is 11.6. The Bertz CT molecular complexity index is 737. The Hall–Kier alpha value is -1.30. The maximum atomic E-state index is 12.6. The van der Waals surface area contributed by atoms with Crippen LogP contribution < -0.4 is 5.73 Å². The van der Waals surface area contributed by atoms with Gasteiger partial charge in [0.2, 0.25) is 5.91 Å². The van der Waals surface area contributed by atoms with Crippen molar-refractivity contribution in [2.24, 2.45) is 5.73 Å². The molecule has 28 heavy (non-hydrogen) atoms. The molecule has 1 heterocycles. The fraction of sp³-hybridized carbons (Fsp3) is 0.381. The zero-order valence-electron chi connectivity index (χ0n) is 16.0. The first kappa shape index (κ1) is 24.7. The van der Waals surface area contributed by atoms with Crippen LogP contribution in [0.2, 0.25) is 5.02 Å². The van der Waals surface area contributed by atoms with E-state index in [1.54, 1.807) is 0 Å². The van der Waals surface area contributed by atoms with E-state index in [0.29, 0.717) is 6.42 Å². The molecular formula is C21H28Cl3N3O. The van der Waals surface area contributed by atoms with Crippen molar-refractivity contribution in [1.82, 2.24) is 9.80 Å². The zero-order chi connectivity index (χ0) is 18.5. The molecule has 0 spiro atoms. The molecule has 1 saturated heterocycles. The first-order valence-corrected chi connectivity index (χ1v) is 9.51. The average Bonchev–Trinajstić information content (AvgIpc) is 2.68. The normalized spacial score (nSPS) is 16.5. The van der Waals surface area contributed by atoms with E-state index in [2.05, 4.69) is 17.9 Å². The number of carbonyl (C=O) groups excluding carboxylic acids is 1. The van der Waals surface area contributed by atoms with E-state index in [1.165, 1.54) is 0 Å². The van der Waals surface area contributed by atoms with Gasteiger partial charge in [0, 0.05) is 49.7 Å². The van der Waals surface area contributed by atoms with Crippen LogP contribution in [0.1, 0.15) is 36.6 Å². The molecule has 4 nitrogen and oxygen atoms in total. The molecule has 0 radical (unpaired) electrons. The SMILES string of the molecule is CC(c1ccccc1Cl)N1CCN(C(=O)CC(N)c2ccccc2)CC1.Cl.Cl. The van der Waals surface area contributed by atoms with E-state index in [4.69, 9.17) is 17.3 Å². The molecule has 1 amide bonds. The van der Waals surface area contributed by atoms with Crippen LogP contribution in [-0.2, 0) is 4.79 Å². The maximum absolute atomic E-state index is 12.6. The molecule has 2 N–H and O–H groups in total. The highest BCUT2D eigenvalue weighted by Gasteiger charge is 2.26. The van der Waals surface area contributed by atoms with Crippen molar-refractivity contribution < 1.29 is 4.79 Å².